The van der Waals surface area contributed by atoms with E-state index in [9.17, 15) is 9.59 Å². The Labute approximate surface area is 148 Å². The van der Waals surface area contributed by atoms with E-state index >= 15 is 0 Å². The Balaban J connectivity index is 4.18. The van der Waals surface area contributed by atoms with Crippen molar-refractivity contribution in [2.24, 2.45) is 0 Å². The lowest BCUT2D eigenvalue weighted by Crippen LogP contribution is -2.37. The molecule has 0 saturated heterocycles. The van der Waals surface area contributed by atoms with E-state index in [2.05, 4.69) is 20.8 Å². The van der Waals surface area contributed by atoms with Gasteiger partial charge in [0.1, 0.15) is 0 Å². The minimum Gasteiger partial charge on any atom is -0.380 e. The molecule has 5 heteroatoms. The van der Waals surface area contributed by atoms with Gasteiger partial charge in [0.15, 0.2) is 0 Å². The summed E-state index contributed by atoms with van der Waals surface area (Å²) in [5, 5.41) is 0. The number of carbonyl (C=O) groups is 2. The van der Waals surface area contributed by atoms with Gasteiger partial charge in [0.25, 0.3) is 0 Å². The normalized spacial score (nSPS) is 12.0. The zero-order valence-corrected chi connectivity index (χ0v) is 16.5. The second-order valence-corrected chi connectivity index (χ2v) is 6.47. The van der Waals surface area contributed by atoms with Crippen molar-refractivity contribution < 1.29 is 14.3 Å². The van der Waals surface area contributed by atoms with E-state index < -0.39 is 0 Å². The molecule has 0 aromatic carbocycles. The van der Waals surface area contributed by atoms with Gasteiger partial charge in [-0.2, -0.15) is 0 Å². The van der Waals surface area contributed by atoms with Crippen molar-refractivity contribution >= 4 is 11.8 Å². The van der Waals surface area contributed by atoms with Crippen molar-refractivity contribution in [3.8, 4) is 0 Å². The highest BCUT2D eigenvalue weighted by Gasteiger charge is 2.16. The van der Waals surface area contributed by atoms with E-state index in [0.717, 1.165) is 51.7 Å². The maximum atomic E-state index is 12.3. The lowest BCUT2D eigenvalue weighted by atomic mass is 10.1. The molecule has 142 valence electrons. The summed E-state index contributed by atoms with van der Waals surface area (Å²) in [6.45, 7) is 11.3. The van der Waals surface area contributed by atoms with Crippen molar-refractivity contribution in [1.82, 2.24) is 9.80 Å². The molecule has 0 fully saturated rings. The summed E-state index contributed by atoms with van der Waals surface area (Å²) in [6.07, 6.45) is 5.62. The first-order chi connectivity index (χ1) is 11.5. The van der Waals surface area contributed by atoms with E-state index in [1.807, 2.05) is 16.7 Å². The number of nitrogens with zero attached hydrogens (tertiary/aromatic N) is 2. The largest absolute Gasteiger partial charge is 0.380 e. The van der Waals surface area contributed by atoms with Gasteiger partial charge >= 0.3 is 0 Å². The summed E-state index contributed by atoms with van der Waals surface area (Å²) >= 11 is 0. The Morgan fingerprint density at radius 3 is 1.67 bits per heavy atom. The molecule has 0 aromatic rings. The molecule has 0 rings (SSSR count). The van der Waals surface area contributed by atoms with Gasteiger partial charge in [-0.3, -0.25) is 9.59 Å². The lowest BCUT2D eigenvalue weighted by molar-refractivity contribution is -0.134. The average molecular weight is 343 g/mol. The molecule has 24 heavy (non-hydrogen) atoms. The Hall–Kier alpha value is -1.10. The van der Waals surface area contributed by atoms with Crippen LogP contribution in [0, 0.1) is 0 Å². The number of unbranched alkanes of at least 4 members (excludes halogenated alkanes) is 1. The van der Waals surface area contributed by atoms with Crippen molar-refractivity contribution in [2.75, 3.05) is 33.3 Å². The summed E-state index contributed by atoms with van der Waals surface area (Å²) in [6, 6.07) is 0. The Morgan fingerprint density at radius 2 is 1.25 bits per heavy atom. The highest BCUT2D eigenvalue weighted by molar-refractivity contribution is 5.77. The number of rotatable bonds is 14. The number of hydrogen-bond acceptors (Lipinski definition) is 3. The van der Waals surface area contributed by atoms with Crippen molar-refractivity contribution in [2.45, 2.75) is 78.7 Å². The Morgan fingerprint density at radius 1 is 0.833 bits per heavy atom. The third-order valence-electron chi connectivity index (χ3n) is 4.10. The number of amides is 2. The third kappa shape index (κ3) is 9.91. The van der Waals surface area contributed by atoms with Gasteiger partial charge in [-0.25, -0.2) is 0 Å². The minimum absolute atomic E-state index is 0.0544. The van der Waals surface area contributed by atoms with Crippen LogP contribution >= 0.6 is 0 Å². The van der Waals surface area contributed by atoms with Gasteiger partial charge in [-0.05, 0) is 39.0 Å². The van der Waals surface area contributed by atoms with Crippen LogP contribution in [0.5, 0.6) is 0 Å². The predicted octanol–water partition coefficient (Wildman–Crippen LogP) is 3.47. The Bertz CT molecular complexity index is 342. The highest BCUT2D eigenvalue weighted by atomic mass is 16.5. The molecule has 0 saturated carbocycles. The van der Waals surface area contributed by atoms with Crippen LogP contribution in [0.15, 0.2) is 0 Å². The smallest absolute Gasteiger partial charge is 0.222 e. The van der Waals surface area contributed by atoms with Crippen LogP contribution in [-0.2, 0) is 14.3 Å². The van der Waals surface area contributed by atoms with Crippen LogP contribution in [0.25, 0.3) is 0 Å². The summed E-state index contributed by atoms with van der Waals surface area (Å²) in [4.78, 5) is 28.4. The van der Waals surface area contributed by atoms with Crippen LogP contribution < -0.4 is 0 Å². The highest BCUT2D eigenvalue weighted by Crippen LogP contribution is 2.08. The quantitative estimate of drug-likeness (QED) is 0.454. The van der Waals surface area contributed by atoms with Crippen molar-refractivity contribution in [1.29, 1.82) is 0 Å². The molecular weight excluding hydrogens is 304 g/mol. The molecule has 0 N–H and O–H groups in total. The van der Waals surface area contributed by atoms with Gasteiger partial charge < -0.3 is 14.5 Å². The SMILES string of the molecule is CCCN(CCC)C(=O)CCCCC(=O)N(CCC)CC(C)OC. The van der Waals surface area contributed by atoms with Crippen LogP contribution in [-0.4, -0.2) is 61.0 Å². The fourth-order valence-corrected chi connectivity index (χ4v) is 2.74. The monoisotopic (exact) mass is 342 g/mol. The van der Waals surface area contributed by atoms with E-state index in [4.69, 9.17) is 4.74 Å². The minimum atomic E-state index is 0.0544. The van der Waals surface area contributed by atoms with Crippen molar-refractivity contribution in [3.63, 3.8) is 0 Å². The summed E-state index contributed by atoms with van der Waals surface area (Å²) < 4.78 is 5.26. The van der Waals surface area contributed by atoms with Gasteiger partial charge in [0.05, 0.1) is 6.10 Å². The lowest BCUT2D eigenvalue weighted by Gasteiger charge is -2.25. The standard InChI is InChI=1S/C19H38N2O3/c1-6-13-20(14-7-2)18(22)11-9-10-12-19(23)21(15-8-3)16-17(4)24-5/h17H,6-16H2,1-5H3. The zero-order valence-electron chi connectivity index (χ0n) is 16.5. The molecular formula is C19H38N2O3. The van der Waals surface area contributed by atoms with Crippen molar-refractivity contribution in [3.05, 3.63) is 0 Å². The molecule has 0 aliphatic heterocycles. The van der Waals surface area contributed by atoms with Gasteiger partial charge in [0.2, 0.25) is 11.8 Å². The number of carbonyl (C=O) groups excluding carboxylic acids is 2. The van der Waals surface area contributed by atoms with Crippen LogP contribution in [0.1, 0.15) is 72.6 Å². The topological polar surface area (TPSA) is 49.9 Å². The molecule has 5 nitrogen and oxygen atoms in total. The summed E-state index contributed by atoms with van der Waals surface area (Å²) in [7, 11) is 1.67. The second kappa shape index (κ2) is 14.3. The van der Waals surface area contributed by atoms with E-state index in [0.29, 0.717) is 19.4 Å². The van der Waals surface area contributed by atoms with Gasteiger partial charge in [-0.1, -0.05) is 20.8 Å². The van der Waals surface area contributed by atoms with Crippen LogP contribution in [0.4, 0.5) is 0 Å². The molecule has 0 radical (unpaired) electrons. The van der Waals surface area contributed by atoms with E-state index in [1.54, 1.807) is 7.11 Å². The van der Waals surface area contributed by atoms with Gasteiger partial charge in [0, 0.05) is 46.1 Å². The second-order valence-electron chi connectivity index (χ2n) is 6.47. The first-order valence-corrected chi connectivity index (χ1v) is 9.58. The summed E-state index contributed by atoms with van der Waals surface area (Å²) in [5.41, 5.74) is 0. The van der Waals surface area contributed by atoms with Crippen LogP contribution in [0.3, 0.4) is 0 Å². The summed E-state index contributed by atoms with van der Waals surface area (Å²) in [5.74, 6) is 0.400. The molecule has 2 amide bonds. The first kappa shape index (κ1) is 22.9. The molecule has 0 heterocycles. The zero-order chi connectivity index (χ0) is 18.4. The maximum Gasteiger partial charge on any atom is 0.222 e. The average Bonchev–Trinajstić information content (AvgIpc) is 2.57. The first-order valence-electron chi connectivity index (χ1n) is 9.58. The fraction of sp³-hybridized carbons (Fsp3) is 0.895. The van der Waals surface area contributed by atoms with Crippen LogP contribution in [0.2, 0.25) is 0 Å². The third-order valence-corrected chi connectivity index (χ3v) is 4.10. The molecule has 1 unspecified atom stereocenters. The molecule has 0 bridgehead atoms. The molecule has 0 aromatic heterocycles. The molecule has 0 aliphatic rings. The molecule has 0 aliphatic carbocycles. The predicted molar refractivity (Wildman–Crippen MR) is 99.0 cm³/mol. The maximum absolute atomic E-state index is 12.3. The number of methoxy groups -OCH3 is 1. The molecule has 0 spiro atoms. The number of hydrogen-bond donors (Lipinski definition) is 0. The number of ether oxygens (including phenoxy) is 1. The van der Waals surface area contributed by atoms with Gasteiger partial charge in [-0.15, -0.1) is 0 Å². The van der Waals surface area contributed by atoms with E-state index in [-0.39, 0.29) is 17.9 Å². The Kier molecular flexibility index (Phi) is 13.6. The van der Waals surface area contributed by atoms with E-state index in [1.165, 1.54) is 0 Å². The fourth-order valence-electron chi connectivity index (χ4n) is 2.74. The molecule has 1 atom stereocenters.